The van der Waals surface area contributed by atoms with Crippen LogP contribution in [-0.4, -0.2) is 93.7 Å². The number of aliphatic carboxylic acids is 1. The van der Waals surface area contributed by atoms with Gasteiger partial charge in [0, 0.05) is 37.2 Å². The quantitative estimate of drug-likeness (QED) is 0.0348. The maximum absolute atomic E-state index is 13.1. The molecule has 39 heavy (non-hydrogen) atoms. The van der Waals surface area contributed by atoms with Crippen molar-refractivity contribution in [1.29, 1.82) is 0 Å². The summed E-state index contributed by atoms with van der Waals surface area (Å²) in [5, 5.41) is 16.9. The van der Waals surface area contributed by atoms with Crippen LogP contribution in [-0.2, 0) is 25.6 Å². The van der Waals surface area contributed by atoms with Gasteiger partial charge >= 0.3 is 5.97 Å². The lowest BCUT2D eigenvalue weighted by atomic mass is 10.1. The van der Waals surface area contributed by atoms with Gasteiger partial charge < -0.3 is 54.7 Å². The molecule has 1 aromatic heterocycles. The molecule has 17 nitrogen and oxygen atoms in total. The van der Waals surface area contributed by atoms with E-state index in [1.165, 1.54) is 12.5 Å². The van der Waals surface area contributed by atoms with Gasteiger partial charge in [0.1, 0.15) is 18.1 Å². The number of carboxylic acids is 1. The van der Waals surface area contributed by atoms with Gasteiger partial charge in [-0.05, 0) is 25.7 Å². The molecule has 0 aliphatic carbocycles. The number of H-pyrrole nitrogens is 1. The van der Waals surface area contributed by atoms with Crippen molar-refractivity contribution in [3.8, 4) is 0 Å². The largest absolute Gasteiger partial charge is 0.480 e. The number of rotatable bonds is 18. The Labute approximate surface area is 230 Å². The molecule has 4 atom stereocenters. The lowest BCUT2D eigenvalue weighted by molar-refractivity contribution is -0.142. The molecule has 0 aliphatic rings. The summed E-state index contributed by atoms with van der Waals surface area (Å²) in [5.74, 6) is -3.70. The fourth-order valence-corrected chi connectivity index (χ4v) is 3.51. The molecule has 3 amide bonds. The Kier molecular flexibility index (Phi) is 14.8. The molecule has 1 aromatic rings. The summed E-state index contributed by atoms with van der Waals surface area (Å²) in [6, 6.07) is -4.53. The van der Waals surface area contributed by atoms with Crippen LogP contribution in [0.25, 0.3) is 0 Å². The van der Waals surface area contributed by atoms with E-state index in [9.17, 15) is 24.3 Å². The number of thiol groups is 1. The van der Waals surface area contributed by atoms with E-state index in [-0.39, 0.29) is 56.4 Å². The number of hydrogen-bond acceptors (Lipinski definition) is 9. The number of nitrogens with two attached hydrogens (primary N) is 5. The Balaban J connectivity index is 2.85. The Morgan fingerprint density at radius 3 is 1.95 bits per heavy atom. The van der Waals surface area contributed by atoms with Gasteiger partial charge in [0.05, 0.1) is 12.4 Å². The summed E-state index contributed by atoms with van der Waals surface area (Å²) in [6.45, 7) is 0.464. The van der Waals surface area contributed by atoms with Crippen LogP contribution in [0.15, 0.2) is 22.5 Å². The second-order valence-corrected chi connectivity index (χ2v) is 8.85. The summed E-state index contributed by atoms with van der Waals surface area (Å²) in [6.07, 6.45) is 3.92. The fourth-order valence-electron chi connectivity index (χ4n) is 3.25. The van der Waals surface area contributed by atoms with E-state index in [0.29, 0.717) is 12.1 Å². The van der Waals surface area contributed by atoms with Crippen molar-refractivity contribution in [2.24, 2.45) is 38.7 Å². The third-order valence-electron chi connectivity index (χ3n) is 5.29. The van der Waals surface area contributed by atoms with E-state index >= 15 is 0 Å². The predicted molar refractivity (Wildman–Crippen MR) is 147 cm³/mol. The van der Waals surface area contributed by atoms with E-state index in [0.717, 1.165) is 0 Å². The van der Waals surface area contributed by atoms with Crippen molar-refractivity contribution in [2.75, 3.05) is 18.8 Å². The first-order chi connectivity index (χ1) is 18.4. The number of amides is 3. The predicted octanol–water partition coefficient (Wildman–Crippen LogP) is -4.14. The second kappa shape index (κ2) is 17.4. The van der Waals surface area contributed by atoms with Crippen molar-refractivity contribution < 1.29 is 24.3 Å². The number of aliphatic imine (C=N–C) groups is 2. The molecule has 0 saturated heterocycles. The van der Waals surface area contributed by atoms with E-state index in [1.54, 1.807) is 0 Å². The molecule has 15 N–H and O–H groups in total. The van der Waals surface area contributed by atoms with Crippen LogP contribution in [0, 0.1) is 0 Å². The van der Waals surface area contributed by atoms with Crippen LogP contribution in [0.2, 0.25) is 0 Å². The lowest BCUT2D eigenvalue weighted by Gasteiger charge is -2.24. The summed E-state index contributed by atoms with van der Waals surface area (Å²) in [4.78, 5) is 64.5. The monoisotopic (exact) mass is 570 g/mol. The van der Waals surface area contributed by atoms with Crippen LogP contribution in [0.1, 0.15) is 31.4 Å². The zero-order valence-corrected chi connectivity index (χ0v) is 22.3. The van der Waals surface area contributed by atoms with Gasteiger partial charge in [-0.2, -0.15) is 12.6 Å². The molecule has 0 aliphatic heterocycles. The van der Waals surface area contributed by atoms with Gasteiger partial charge in [-0.15, -0.1) is 0 Å². The van der Waals surface area contributed by atoms with Crippen LogP contribution in [0.4, 0.5) is 0 Å². The van der Waals surface area contributed by atoms with Gasteiger partial charge in [0.15, 0.2) is 11.9 Å². The van der Waals surface area contributed by atoms with Crippen LogP contribution in [0.5, 0.6) is 0 Å². The number of nitrogens with one attached hydrogen (secondary N) is 4. The van der Waals surface area contributed by atoms with Crippen molar-refractivity contribution in [3.63, 3.8) is 0 Å². The fraction of sp³-hybridized carbons (Fsp3) is 0.571. The summed E-state index contributed by atoms with van der Waals surface area (Å²) in [7, 11) is 0. The highest BCUT2D eigenvalue weighted by Crippen LogP contribution is 2.04. The van der Waals surface area contributed by atoms with Crippen molar-refractivity contribution in [1.82, 2.24) is 25.9 Å². The summed E-state index contributed by atoms with van der Waals surface area (Å²) < 4.78 is 0. The van der Waals surface area contributed by atoms with Gasteiger partial charge in [-0.3, -0.25) is 24.4 Å². The van der Waals surface area contributed by atoms with E-state index in [1.807, 2.05) is 0 Å². The number of imidazole rings is 1. The number of hydrogen-bond donors (Lipinski definition) is 11. The maximum atomic E-state index is 13.1. The Morgan fingerprint density at radius 1 is 0.897 bits per heavy atom. The smallest absolute Gasteiger partial charge is 0.326 e. The molecule has 1 rings (SSSR count). The topological polar surface area (TPSA) is 308 Å². The zero-order chi connectivity index (χ0) is 29.4. The number of carbonyl (C=O) groups excluding carboxylic acids is 3. The lowest BCUT2D eigenvalue weighted by Crippen LogP contribution is -2.58. The Morgan fingerprint density at radius 2 is 1.44 bits per heavy atom. The Bertz CT molecular complexity index is 995. The second-order valence-electron chi connectivity index (χ2n) is 8.49. The van der Waals surface area contributed by atoms with Crippen LogP contribution >= 0.6 is 12.6 Å². The van der Waals surface area contributed by atoms with E-state index in [4.69, 9.17) is 28.7 Å². The first-order valence-electron chi connectivity index (χ1n) is 12.0. The van der Waals surface area contributed by atoms with Crippen molar-refractivity contribution in [3.05, 3.63) is 18.2 Å². The molecule has 0 saturated carbocycles. The molecule has 0 fully saturated rings. The van der Waals surface area contributed by atoms with Crippen molar-refractivity contribution in [2.45, 2.75) is 56.3 Å². The molecule has 18 heteroatoms. The van der Waals surface area contributed by atoms with Gasteiger partial charge in [0.25, 0.3) is 0 Å². The standard InChI is InChI=1S/C21H38N12O5S/c22-12(3-1-5-28-20(23)24)16(34)32-14(7-11-8-27-10-30-11)17(35)33-15(9-39)18(36)31-13(19(37)38)4-2-6-29-21(25)26/h8,10,12-15,39H,1-7,9,22H2,(H,27,30)(H,31,36)(H,32,34)(H,33,35)(H,37,38)(H4,23,24,28)(H4,25,26,29). The molecule has 0 spiro atoms. The van der Waals surface area contributed by atoms with Crippen LogP contribution < -0.4 is 44.6 Å². The normalized spacial score (nSPS) is 13.7. The highest BCUT2D eigenvalue weighted by Gasteiger charge is 2.30. The number of nitrogens with zero attached hydrogens (tertiary/aromatic N) is 3. The molecule has 0 radical (unpaired) electrons. The molecular formula is C21H38N12O5S. The minimum Gasteiger partial charge on any atom is -0.480 e. The first kappa shape index (κ1) is 33.0. The van der Waals surface area contributed by atoms with Gasteiger partial charge in [0.2, 0.25) is 17.7 Å². The third kappa shape index (κ3) is 13.3. The molecule has 218 valence electrons. The highest BCUT2D eigenvalue weighted by atomic mass is 32.1. The Hall–Kier alpha value is -4.06. The van der Waals surface area contributed by atoms with Crippen molar-refractivity contribution >= 4 is 48.2 Å². The molecule has 0 aromatic carbocycles. The van der Waals surface area contributed by atoms with Crippen LogP contribution in [0.3, 0.4) is 0 Å². The van der Waals surface area contributed by atoms with E-state index in [2.05, 4.69) is 48.5 Å². The minimum absolute atomic E-state index is 0.0156. The molecule has 0 bridgehead atoms. The van der Waals surface area contributed by atoms with E-state index < -0.39 is 47.9 Å². The van der Waals surface area contributed by atoms with Gasteiger partial charge in [-0.25, -0.2) is 9.78 Å². The molecular weight excluding hydrogens is 532 g/mol. The highest BCUT2D eigenvalue weighted by molar-refractivity contribution is 7.80. The minimum atomic E-state index is -1.27. The number of guanidine groups is 2. The summed E-state index contributed by atoms with van der Waals surface area (Å²) in [5.41, 5.74) is 27.5. The molecule has 4 unspecified atom stereocenters. The first-order valence-corrected chi connectivity index (χ1v) is 12.7. The number of aromatic amines is 1. The third-order valence-corrected chi connectivity index (χ3v) is 5.66. The summed E-state index contributed by atoms with van der Waals surface area (Å²) >= 11 is 4.11. The number of carboxylic acid groups (broad SMARTS) is 1. The maximum Gasteiger partial charge on any atom is 0.326 e. The SMILES string of the molecule is NC(N)=NCCCC(N)C(=O)NC(Cc1cnc[nH]1)C(=O)NC(CS)C(=O)NC(CCCN=C(N)N)C(=O)O. The average Bonchev–Trinajstić information content (AvgIpc) is 3.38. The zero-order valence-electron chi connectivity index (χ0n) is 21.4. The van der Waals surface area contributed by atoms with Gasteiger partial charge in [-0.1, -0.05) is 0 Å². The average molecular weight is 571 g/mol. The number of carbonyl (C=O) groups is 4. The molecule has 1 heterocycles. The number of aromatic nitrogens is 2.